The Morgan fingerprint density at radius 1 is 1.20 bits per heavy atom. The third-order valence-electron chi connectivity index (χ3n) is 3.02. The minimum atomic E-state index is -0.221. The van der Waals surface area contributed by atoms with Crippen LogP contribution in [0.4, 0.5) is 0 Å². The summed E-state index contributed by atoms with van der Waals surface area (Å²) in [7, 11) is 0. The van der Waals surface area contributed by atoms with Crippen molar-refractivity contribution in [2.24, 2.45) is 0 Å². The molecule has 0 bridgehead atoms. The lowest BCUT2D eigenvalue weighted by molar-refractivity contribution is -0.144. The minimum Gasteiger partial charge on any atom is -0.454 e. The molecule has 0 saturated heterocycles. The van der Waals surface area contributed by atoms with Crippen LogP contribution in [0.25, 0.3) is 0 Å². The van der Waals surface area contributed by atoms with Gasteiger partial charge in [0.25, 0.3) is 0 Å². The summed E-state index contributed by atoms with van der Waals surface area (Å²) in [5, 5.41) is 0. The lowest BCUT2D eigenvalue weighted by Gasteiger charge is -2.17. The first kappa shape index (κ1) is 16.2. The molecule has 1 unspecified atom stereocenters. The van der Waals surface area contributed by atoms with E-state index in [1.54, 1.807) is 0 Å². The van der Waals surface area contributed by atoms with Gasteiger partial charge in [-0.2, -0.15) is 0 Å². The topological polar surface area (TPSA) is 26.3 Å². The Bertz CT molecular complexity index is 458. The van der Waals surface area contributed by atoms with Crippen LogP contribution in [0.15, 0.2) is 54.1 Å². The van der Waals surface area contributed by atoms with Crippen molar-refractivity contribution in [2.45, 2.75) is 46.1 Å². The van der Waals surface area contributed by atoms with Crippen LogP contribution in [-0.4, -0.2) is 5.97 Å². The molecule has 1 aliphatic rings. The van der Waals surface area contributed by atoms with E-state index in [1.807, 2.05) is 69.3 Å². The van der Waals surface area contributed by atoms with Gasteiger partial charge in [-0.1, -0.05) is 69.3 Å². The molecule has 0 spiro atoms. The van der Waals surface area contributed by atoms with Gasteiger partial charge in [-0.3, -0.25) is 0 Å². The van der Waals surface area contributed by atoms with E-state index >= 15 is 0 Å². The molecule has 1 aliphatic carbocycles. The molecule has 1 aromatic carbocycles. The van der Waals surface area contributed by atoms with Crippen LogP contribution in [0.2, 0.25) is 0 Å². The highest BCUT2D eigenvalue weighted by Gasteiger charge is 2.17. The van der Waals surface area contributed by atoms with E-state index in [0.29, 0.717) is 5.57 Å². The molecule has 108 valence electrons. The summed E-state index contributed by atoms with van der Waals surface area (Å²) >= 11 is 0. The van der Waals surface area contributed by atoms with E-state index < -0.39 is 0 Å². The zero-order chi connectivity index (χ0) is 14.8. The van der Waals surface area contributed by atoms with Gasteiger partial charge in [0.2, 0.25) is 0 Å². The molecular formula is C18H24O2. The molecule has 0 N–H and O–H groups in total. The van der Waals surface area contributed by atoms with E-state index in [9.17, 15) is 4.79 Å². The van der Waals surface area contributed by atoms with Crippen molar-refractivity contribution in [2.75, 3.05) is 0 Å². The van der Waals surface area contributed by atoms with Crippen LogP contribution in [0, 0.1) is 0 Å². The number of benzene rings is 1. The first-order chi connectivity index (χ1) is 9.81. The Hall–Kier alpha value is -1.83. The summed E-state index contributed by atoms with van der Waals surface area (Å²) in [6.07, 6.45) is 8.36. The Labute approximate surface area is 122 Å². The van der Waals surface area contributed by atoms with E-state index in [2.05, 4.69) is 0 Å². The highest BCUT2D eigenvalue weighted by Crippen LogP contribution is 2.23. The maximum Gasteiger partial charge on any atom is 0.338 e. The summed E-state index contributed by atoms with van der Waals surface area (Å²) in [6.45, 7) is 6.02. The highest BCUT2D eigenvalue weighted by atomic mass is 16.5. The van der Waals surface area contributed by atoms with Crippen LogP contribution >= 0.6 is 0 Å². The average Bonchev–Trinajstić information content (AvgIpc) is 2.56. The lowest BCUT2D eigenvalue weighted by atomic mass is 10.1. The maximum atomic E-state index is 12.0. The summed E-state index contributed by atoms with van der Waals surface area (Å²) in [6, 6.07) is 9.88. The fourth-order valence-electron chi connectivity index (χ4n) is 2.02. The summed E-state index contributed by atoms with van der Waals surface area (Å²) < 4.78 is 5.57. The second kappa shape index (κ2) is 9.13. The zero-order valence-corrected chi connectivity index (χ0v) is 12.6. The predicted molar refractivity (Wildman–Crippen MR) is 83.4 cm³/mol. The van der Waals surface area contributed by atoms with Crippen LogP contribution in [0.1, 0.15) is 51.7 Å². The number of hydrogen-bond acceptors (Lipinski definition) is 2. The summed E-state index contributed by atoms with van der Waals surface area (Å²) in [5.41, 5.74) is 1.73. The van der Waals surface area contributed by atoms with Crippen molar-refractivity contribution >= 4 is 5.97 Å². The van der Waals surface area contributed by atoms with Gasteiger partial charge in [0.1, 0.15) is 6.10 Å². The van der Waals surface area contributed by atoms with Gasteiger partial charge in [0.15, 0.2) is 0 Å². The van der Waals surface area contributed by atoms with E-state index in [4.69, 9.17) is 4.74 Å². The SMILES string of the molecule is CC.CCC(OC(=O)C1=CCCC=C1)c1ccccc1. The first-order valence-electron chi connectivity index (χ1n) is 7.44. The second-order valence-corrected chi connectivity index (χ2v) is 4.35. The van der Waals surface area contributed by atoms with Crippen molar-refractivity contribution in [3.63, 3.8) is 0 Å². The third kappa shape index (κ3) is 4.69. The quantitative estimate of drug-likeness (QED) is 0.722. The molecule has 0 saturated carbocycles. The molecule has 0 radical (unpaired) electrons. The molecule has 0 amide bonds. The van der Waals surface area contributed by atoms with Gasteiger partial charge in [0, 0.05) is 0 Å². The number of rotatable bonds is 4. The van der Waals surface area contributed by atoms with Crippen molar-refractivity contribution in [1.82, 2.24) is 0 Å². The molecular weight excluding hydrogens is 248 g/mol. The Kier molecular flexibility index (Phi) is 7.41. The van der Waals surface area contributed by atoms with Gasteiger partial charge < -0.3 is 4.74 Å². The molecule has 1 aromatic rings. The van der Waals surface area contributed by atoms with E-state index in [1.165, 1.54) is 0 Å². The van der Waals surface area contributed by atoms with Crippen LogP contribution in [-0.2, 0) is 9.53 Å². The Balaban J connectivity index is 0.000000956. The molecule has 1 atom stereocenters. The van der Waals surface area contributed by atoms with Gasteiger partial charge in [-0.05, 0) is 24.8 Å². The molecule has 20 heavy (non-hydrogen) atoms. The van der Waals surface area contributed by atoms with Crippen LogP contribution < -0.4 is 0 Å². The summed E-state index contributed by atoms with van der Waals surface area (Å²) in [5.74, 6) is -0.221. The number of hydrogen-bond donors (Lipinski definition) is 0. The monoisotopic (exact) mass is 272 g/mol. The van der Waals surface area contributed by atoms with E-state index in [-0.39, 0.29) is 12.1 Å². The van der Waals surface area contributed by atoms with Gasteiger partial charge in [0.05, 0.1) is 5.57 Å². The number of ether oxygens (including phenoxy) is 1. The van der Waals surface area contributed by atoms with Gasteiger partial charge >= 0.3 is 5.97 Å². The smallest absolute Gasteiger partial charge is 0.338 e. The zero-order valence-electron chi connectivity index (χ0n) is 12.6. The van der Waals surface area contributed by atoms with E-state index in [0.717, 1.165) is 24.8 Å². The standard InChI is InChI=1S/C16H18O2.C2H6/c1-2-15(13-9-5-3-6-10-13)18-16(17)14-11-7-4-8-12-14;1-2/h3,5-7,9-12,15H,2,4,8H2,1H3;1-2H3. The Morgan fingerprint density at radius 2 is 1.90 bits per heavy atom. The molecule has 2 nitrogen and oxygen atoms in total. The summed E-state index contributed by atoms with van der Waals surface area (Å²) in [4.78, 5) is 12.0. The third-order valence-corrected chi connectivity index (χ3v) is 3.02. The van der Waals surface area contributed by atoms with Gasteiger partial charge in [-0.15, -0.1) is 0 Å². The fraction of sp³-hybridized carbons (Fsp3) is 0.389. The Morgan fingerprint density at radius 3 is 2.45 bits per heavy atom. The normalized spacial score (nSPS) is 14.7. The average molecular weight is 272 g/mol. The van der Waals surface area contributed by atoms with Crippen LogP contribution in [0.3, 0.4) is 0 Å². The largest absolute Gasteiger partial charge is 0.454 e. The number of carbonyl (C=O) groups is 1. The molecule has 2 rings (SSSR count). The number of carbonyl (C=O) groups excluding carboxylic acids is 1. The molecule has 2 heteroatoms. The highest BCUT2D eigenvalue weighted by molar-refractivity contribution is 5.91. The fourth-order valence-corrected chi connectivity index (χ4v) is 2.02. The second-order valence-electron chi connectivity index (χ2n) is 4.35. The van der Waals surface area contributed by atoms with Crippen molar-refractivity contribution in [1.29, 1.82) is 0 Å². The molecule has 0 fully saturated rings. The van der Waals surface area contributed by atoms with Crippen molar-refractivity contribution < 1.29 is 9.53 Å². The molecule has 0 aromatic heterocycles. The van der Waals surface area contributed by atoms with Gasteiger partial charge in [-0.25, -0.2) is 4.79 Å². The first-order valence-corrected chi connectivity index (χ1v) is 7.44. The van der Waals surface area contributed by atoms with Crippen LogP contribution in [0.5, 0.6) is 0 Å². The van der Waals surface area contributed by atoms with Crippen molar-refractivity contribution in [3.05, 3.63) is 59.7 Å². The maximum absolute atomic E-state index is 12.0. The molecule has 0 aliphatic heterocycles. The minimum absolute atomic E-state index is 0.157. The number of allylic oxidation sites excluding steroid dienone is 2. The van der Waals surface area contributed by atoms with Crippen molar-refractivity contribution in [3.8, 4) is 0 Å². The number of esters is 1. The molecule has 0 heterocycles. The lowest BCUT2D eigenvalue weighted by Crippen LogP contribution is -2.12. The predicted octanol–water partition coefficient (Wildman–Crippen LogP) is 4.98.